The van der Waals surface area contributed by atoms with Gasteiger partial charge < -0.3 is 16.0 Å². The van der Waals surface area contributed by atoms with E-state index < -0.39 is 22.9 Å². The SMILES string of the molecule is CC1=C(C(=O)Nc2cccc(C)c2C)C(c2cccc([N+](=O)[O-])c2)NC(=O)N1. The van der Waals surface area contributed by atoms with E-state index in [4.69, 9.17) is 0 Å². The van der Waals surface area contributed by atoms with Crippen molar-refractivity contribution in [3.05, 3.63) is 80.5 Å². The van der Waals surface area contributed by atoms with Gasteiger partial charge in [0.1, 0.15) is 0 Å². The molecule has 1 aliphatic rings. The van der Waals surface area contributed by atoms with Crippen molar-refractivity contribution >= 4 is 23.3 Å². The number of carbonyl (C=O) groups is 2. The summed E-state index contributed by atoms with van der Waals surface area (Å²) in [6, 6.07) is 10.2. The highest BCUT2D eigenvalue weighted by Gasteiger charge is 2.32. The van der Waals surface area contributed by atoms with Gasteiger partial charge in [-0.25, -0.2) is 4.79 Å². The topological polar surface area (TPSA) is 113 Å². The van der Waals surface area contributed by atoms with Gasteiger partial charge in [0.25, 0.3) is 11.6 Å². The summed E-state index contributed by atoms with van der Waals surface area (Å²) in [5.74, 6) is -0.393. The van der Waals surface area contributed by atoms with Gasteiger partial charge in [-0.15, -0.1) is 0 Å². The Morgan fingerprint density at radius 3 is 2.57 bits per heavy atom. The quantitative estimate of drug-likeness (QED) is 0.556. The minimum atomic E-state index is -0.807. The van der Waals surface area contributed by atoms with E-state index in [0.29, 0.717) is 22.5 Å². The van der Waals surface area contributed by atoms with Crippen LogP contribution in [0, 0.1) is 24.0 Å². The summed E-state index contributed by atoms with van der Waals surface area (Å²) >= 11 is 0. The fourth-order valence-electron chi connectivity index (χ4n) is 3.14. The fraction of sp³-hybridized carbons (Fsp3) is 0.200. The van der Waals surface area contributed by atoms with Crippen LogP contribution in [0.25, 0.3) is 0 Å². The second kappa shape index (κ2) is 7.51. The Morgan fingerprint density at radius 1 is 1.14 bits per heavy atom. The third kappa shape index (κ3) is 3.71. The highest BCUT2D eigenvalue weighted by Crippen LogP contribution is 2.30. The summed E-state index contributed by atoms with van der Waals surface area (Å²) in [7, 11) is 0. The average molecular weight is 380 g/mol. The number of non-ortho nitro benzene ring substituents is 1. The second-order valence-corrected chi connectivity index (χ2v) is 6.62. The smallest absolute Gasteiger partial charge is 0.319 e. The number of benzene rings is 2. The normalized spacial score (nSPS) is 16.2. The summed E-state index contributed by atoms with van der Waals surface area (Å²) in [6.45, 7) is 5.48. The van der Waals surface area contributed by atoms with Gasteiger partial charge in [-0.2, -0.15) is 0 Å². The van der Waals surface area contributed by atoms with Crippen LogP contribution in [0.1, 0.15) is 29.7 Å². The molecule has 0 saturated carbocycles. The summed E-state index contributed by atoms with van der Waals surface area (Å²) in [5.41, 5.74) is 3.67. The van der Waals surface area contributed by atoms with Crippen LogP contribution < -0.4 is 16.0 Å². The minimum absolute atomic E-state index is 0.114. The zero-order chi connectivity index (χ0) is 20.4. The van der Waals surface area contributed by atoms with E-state index in [2.05, 4.69) is 16.0 Å². The van der Waals surface area contributed by atoms with Gasteiger partial charge in [0.15, 0.2) is 0 Å². The van der Waals surface area contributed by atoms with Gasteiger partial charge in [-0.3, -0.25) is 14.9 Å². The first-order valence-corrected chi connectivity index (χ1v) is 8.68. The van der Waals surface area contributed by atoms with Crippen LogP contribution >= 0.6 is 0 Å². The van der Waals surface area contributed by atoms with Crippen molar-refractivity contribution in [2.45, 2.75) is 26.8 Å². The van der Waals surface area contributed by atoms with E-state index in [0.717, 1.165) is 11.1 Å². The second-order valence-electron chi connectivity index (χ2n) is 6.62. The Balaban J connectivity index is 2.00. The minimum Gasteiger partial charge on any atom is -0.327 e. The standard InChI is InChI=1S/C20H20N4O4/c1-11-6-4-9-16(12(11)2)22-19(25)17-13(3)21-20(26)23-18(17)14-7-5-8-15(10-14)24(27)28/h4-10,18H,1-3H3,(H,22,25)(H2,21,23,26). The number of hydrogen-bond donors (Lipinski definition) is 3. The molecule has 2 aromatic carbocycles. The third-order valence-electron chi connectivity index (χ3n) is 4.78. The molecule has 3 rings (SSSR count). The summed E-state index contributed by atoms with van der Waals surface area (Å²) in [4.78, 5) is 35.6. The lowest BCUT2D eigenvalue weighted by molar-refractivity contribution is -0.384. The number of nitro groups is 1. The number of carbonyl (C=O) groups excluding carboxylic acids is 2. The molecule has 2 aromatic rings. The molecule has 0 aromatic heterocycles. The largest absolute Gasteiger partial charge is 0.327 e. The van der Waals surface area contributed by atoms with Crippen molar-refractivity contribution in [3.63, 3.8) is 0 Å². The molecule has 1 aliphatic heterocycles. The summed E-state index contributed by atoms with van der Waals surface area (Å²) in [5, 5.41) is 19.3. The van der Waals surface area contributed by atoms with E-state index >= 15 is 0 Å². The first-order valence-electron chi connectivity index (χ1n) is 8.68. The zero-order valence-electron chi connectivity index (χ0n) is 15.7. The van der Waals surface area contributed by atoms with E-state index in [1.165, 1.54) is 18.2 Å². The van der Waals surface area contributed by atoms with Gasteiger partial charge in [-0.05, 0) is 43.5 Å². The first-order chi connectivity index (χ1) is 13.3. The fourth-order valence-corrected chi connectivity index (χ4v) is 3.14. The highest BCUT2D eigenvalue weighted by atomic mass is 16.6. The number of amides is 3. The molecule has 0 fully saturated rings. The number of nitrogens with zero attached hydrogens (tertiary/aromatic N) is 1. The van der Waals surface area contributed by atoms with Gasteiger partial charge in [0.2, 0.25) is 0 Å². The molecule has 0 spiro atoms. The van der Waals surface area contributed by atoms with E-state index in [9.17, 15) is 19.7 Å². The van der Waals surface area contributed by atoms with E-state index in [1.54, 1.807) is 19.1 Å². The van der Waals surface area contributed by atoms with Gasteiger partial charge in [0.05, 0.1) is 16.5 Å². The molecule has 0 aliphatic carbocycles. The maximum atomic E-state index is 13.1. The lowest BCUT2D eigenvalue weighted by Gasteiger charge is -2.28. The van der Waals surface area contributed by atoms with E-state index in [-0.39, 0.29) is 5.69 Å². The average Bonchev–Trinajstić information content (AvgIpc) is 2.64. The Hall–Kier alpha value is -3.68. The molecular formula is C20H20N4O4. The zero-order valence-corrected chi connectivity index (χ0v) is 15.7. The van der Waals surface area contributed by atoms with Crippen LogP contribution in [-0.4, -0.2) is 16.9 Å². The number of allylic oxidation sites excluding steroid dienone is 1. The first kappa shape index (κ1) is 19.1. The van der Waals surface area contributed by atoms with E-state index in [1.807, 2.05) is 26.0 Å². The van der Waals surface area contributed by atoms with Crippen molar-refractivity contribution in [3.8, 4) is 0 Å². The highest BCUT2D eigenvalue weighted by molar-refractivity contribution is 6.07. The predicted octanol–water partition coefficient (Wildman–Crippen LogP) is 3.48. The van der Waals surface area contributed by atoms with Gasteiger partial charge in [-0.1, -0.05) is 24.3 Å². The molecule has 1 atom stereocenters. The number of aryl methyl sites for hydroxylation is 1. The number of rotatable bonds is 4. The molecule has 0 bridgehead atoms. The lowest BCUT2D eigenvalue weighted by atomic mass is 9.94. The number of anilines is 1. The third-order valence-corrected chi connectivity index (χ3v) is 4.78. The van der Waals surface area contributed by atoms with Gasteiger partial charge >= 0.3 is 6.03 Å². The Morgan fingerprint density at radius 2 is 1.86 bits per heavy atom. The number of nitrogens with one attached hydrogen (secondary N) is 3. The maximum absolute atomic E-state index is 13.1. The Labute approximate surface area is 161 Å². The molecule has 1 heterocycles. The Bertz CT molecular complexity index is 1010. The van der Waals surface area contributed by atoms with Gasteiger partial charge in [0, 0.05) is 23.5 Å². The maximum Gasteiger partial charge on any atom is 0.319 e. The van der Waals surface area contributed by atoms with Crippen molar-refractivity contribution < 1.29 is 14.5 Å². The molecule has 8 heteroatoms. The lowest BCUT2D eigenvalue weighted by Crippen LogP contribution is -2.46. The molecular weight excluding hydrogens is 360 g/mol. The van der Waals surface area contributed by atoms with Crippen molar-refractivity contribution in [1.82, 2.24) is 10.6 Å². The molecule has 28 heavy (non-hydrogen) atoms. The van der Waals surface area contributed by atoms with Crippen molar-refractivity contribution in [2.24, 2.45) is 0 Å². The molecule has 8 nitrogen and oxygen atoms in total. The number of hydrogen-bond acceptors (Lipinski definition) is 4. The molecule has 3 N–H and O–H groups in total. The van der Waals surface area contributed by atoms with Crippen molar-refractivity contribution in [2.75, 3.05) is 5.32 Å². The summed E-state index contributed by atoms with van der Waals surface area (Å²) < 4.78 is 0. The van der Waals surface area contributed by atoms with Crippen LogP contribution in [0.3, 0.4) is 0 Å². The van der Waals surface area contributed by atoms with Crippen LogP contribution in [0.15, 0.2) is 53.7 Å². The molecule has 0 radical (unpaired) electrons. The molecule has 1 unspecified atom stereocenters. The van der Waals surface area contributed by atoms with Crippen LogP contribution in [-0.2, 0) is 4.79 Å². The molecule has 3 amide bonds. The monoisotopic (exact) mass is 380 g/mol. The number of urea groups is 1. The molecule has 144 valence electrons. The van der Waals surface area contributed by atoms with Crippen LogP contribution in [0.5, 0.6) is 0 Å². The van der Waals surface area contributed by atoms with Crippen LogP contribution in [0.2, 0.25) is 0 Å². The predicted molar refractivity (Wildman–Crippen MR) is 105 cm³/mol. The summed E-state index contributed by atoms with van der Waals surface area (Å²) in [6.07, 6.45) is 0. The van der Waals surface area contributed by atoms with Crippen molar-refractivity contribution in [1.29, 1.82) is 0 Å². The number of nitro benzene ring substituents is 1. The Kier molecular flexibility index (Phi) is 5.12. The van der Waals surface area contributed by atoms with Crippen LogP contribution in [0.4, 0.5) is 16.2 Å². The molecule has 0 saturated heterocycles.